The third kappa shape index (κ3) is 2.06. The number of aromatic nitrogens is 4. The highest BCUT2D eigenvalue weighted by Crippen LogP contribution is 2.31. The van der Waals surface area contributed by atoms with E-state index in [1.54, 1.807) is 6.07 Å². The Morgan fingerprint density at radius 1 is 1.56 bits per heavy atom. The molecule has 0 aliphatic carbocycles. The van der Waals surface area contributed by atoms with E-state index in [0.29, 0.717) is 16.0 Å². The summed E-state index contributed by atoms with van der Waals surface area (Å²) in [6.45, 7) is 1.56. The van der Waals surface area contributed by atoms with Crippen molar-refractivity contribution in [3.63, 3.8) is 0 Å². The highest BCUT2D eigenvalue weighted by molar-refractivity contribution is 7.15. The molecule has 1 fully saturated rings. The Morgan fingerprint density at radius 3 is 3.17 bits per heavy atom. The molecule has 0 saturated carbocycles. The minimum absolute atomic E-state index is 0.280. The number of hydrogen-bond donors (Lipinski definition) is 2. The molecule has 3 heterocycles. The van der Waals surface area contributed by atoms with Crippen LogP contribution in [-0.2, 0) is 0 Å². The smallest absolute Gasteiger partial charge is 0.264 e. The molecule has 1 atom stereocenters. The summed E-state index contributed by atoms with van der Waals surface area (Å²) in [6, 6.07) is 3.00. The van der Waals surface area contributed by atoms with Crippen molar-refractivity contribution in [2.45, 2.75) is 12.3 Å². The third-order valence-corrected chi connectivity index (χ3v) is 3.86. The Kier molecular flexibility index (Phi) is 2.43. The zero-order chi connectivity index (χ0) is 13.4. The highest BCUT2D eigenvalue weighted by Gasteiger charge is 2.27. The lowest BCUT2D eigenvalue weighted by molar-refractivity contribution is 0.749. The van der Waals surface area contributed by atoms with E-state index < -0.39 is 5.56 Å². The summed E-state index contributed by atoms with van der Waals surface area (Å²) in [4.78, 5) is 13.2. The molecule has 0 aromatic carbocycles. The average Bonchev–Trinajstić information content (AvgIpc) is 3.01. The van der Waals surface area contributed by atoms with Crippen molar-refractivity contribution in [3.8, 4) is 0 Å². The Balaban J connectivity index is 1.78. The first-order valence-corrected chi connectivity index (χ1v) is 6.38. The van der Waals surface area contributed by atoms with E-state index in [2.05, 4.69) is 15.3 Å². The lowest BCUT2D eigenvalue weighted by Gasteiger charge is -2.15. The predicted octanol–water partition coefficient (Wildman–Crippen LogP) is 0.198. The van der Waals surface area contributed by atoms with Gasteiger partial charge in [0.1, 0.15) is 10.8 Å². The van der Waals surface area contributed by atoms with Crippen LogP contribution in [0.4, 0.5) is 10.9 Å². The second kappa shape index (κ2) is 4.37. The van der Waals surface area contributed by atoms with E-state index in [1.165, 1.54) is 17.4 Å². The fourth-order valence-corrected chi connectivity index (χ4v) is 2.80. The topological polar surface area (TPSA) is 101 Å². The zero-order valence-electron chi connectivity index (χ0n) is 10.5. The van der Waals surface area contributed by atoms with Gasteiger partial charge in [-0.3, -0.25) is 4.79 Å². The lowest BCUT2D eigenvalue weighted by atomic mass is 10.1. The van der Waals surface area contributed by atoms with E-state index in [4.69, 9.17) is 7.15 Å². The molecule has 1 aliphatic rings. The molecule has 8 heteroatoms. The first kappa shape index (κ1) is 10.0. The number of nitrogens with one attached hydrogen (secondary N) is 1. The van der Waals surface area contributed by atoms with Crippen molar-refractivity contribution in [1.82, 2.24) is 20.4 Å². The summed E-state index contributed by atoms with van der Waals surface area (Å²) in [6.07, 6.45) is 0.938. The number of nitrogens with two attached hydrogens (primary N) is 1. The van der Waals surface area contributed by atoms with E-state index in [0.717, 1.165) is 24.5 Å². The Morgan fingerprint density at radius 2 is 2.44 bits per heavy atom. The Hall–Kier alpha value is -1.96. The highest BCUT2D eigenvalue weighted by atomic mass is 32.1. The number of nitrogens with zero attached hydrogens (tertiary/aromatic N) is 4. The van der Waals surface area contributed by atoms with Crippen LogP contribution in [0.25, 0.3) is 0 Å². The van der Waals surface area contributed by atoms with Crippen molar-refractivity contribution < 1.29 is 1.41 Å². The van der Waals surface area contributed by atoms with Crippen LogP contribution in [0.3, 0.4) is 0 Å². The first-order chi connectivity index (χ1) is 9.13. The molecule has 3 rings (SSSR count). The van der Waals surface area contributed by atoms with E-state index >= 15 is 0 Å². The summed E-state index contributed by atoms with van der Waals surface area (Å²) in [5.74, 6) is 0.914. The molecule has 0 amide bonds. The SMILES string of the molecule is [2H]n1nc(N2CCC(c3nnc(N)s3)C2)ccc1=O. The fourth-order valence-electron chi connectivity index (χ4n) is 2.06. The number of aromatic amines is 1. The molecule has 7 nitrogen and oxygen atoms in total. The third-order valence-electron chi connectivity index (χ3n) is 2.94. The van der Waals surface area contributed by atoms with Gasteiger partial charge in [0.05, 0.1) is 0 Å². The quantitative estimate of drug-likeness (QED) is 0.804. The molecule has 2 aromatic heterocycles. The number of hydrogen-bond acceptors (Lipinski definition) is 7. The number of anilines is 2. The Labute approximate surface area is 108 Å². The predicted molar refractivity (Wildman–Crippen MR) is 68.8 cm³/mol. The number of nitrogen functional groups attached to an aromatic ring is 1. The van der Waals surface area contributed by atoms with Gasteiger partial charge < -0.3 is 10.6 Å². The largest absolute Gasteiger partial charge is 0.374 e. The van der Waals surface area contributed by atoms with Crippen LogP contribution in [0.5, 0.6) is 0 Å². The summed E-state index contributed by atoms with van der Waals surface area (Å²) >= 11 is 1.40. The molecule has 0 bridgehead atoms. The standard InChI is InChI=1S/C10H12N6OS/c11-10-15-14-9(18-10)6-3-4-16(5-6)7-1-2-8(17)13-12-7/h1-2,6H,3-5H2,(H2,11,15)(H,13,17)/i/hD. The molecule has 1 aliphatic heterocycles. The molecule has 0 spiro atoms. The van der Waals surface area contributed by atoms with Crippen molar-refractivity contribution in [3.05, 3.63) is 27.5 Å². The summed E-state index contributed by atoms with van der Waals surface area (Å²) in [5.41, 5.74) is 5.15. The van der Waals surface area contributed by atoms with Crippen LogP contribution in [-0.4, -0.2) is 33.5 Å². The van der Waals surface area contributed by atoms with Crippen LogP contribution in [0, 0.1) is 0 Å². The van der Waals surface area contributed by atoms with Gasteiger partial charge in [-0.15, -0.1) is 10.2 Å². The molecule has 1 saturated heterocycles. The van der Waals surface area contributed by atoms with E-state index in [1.807, 2.05) is 4.90 Å². The van der Waals surface area contributed by atoms with Crippen LogP contribution in [0.2, 0.25) is 1.41 Å². The van der Waals surface area contributed by atoms with Crippen LogP contribution in [0.1, 0.15) is 17.3 Å². The van der Waals surface area contributed by atoms with Crippen molar-refractivity contribution in [2.24, 2.45) is 0 Å². The fraction of sp³-hybridized carbons (Fsp3) is 0.400. The molecule has 3 N–H and O–H groups in total. The molecule has 0 radical (unpaired) electrons. The maximum absolute atomic E-state index is 11.1. The number of rotatable bonds is 2. The van der Waals surface area contributed by atoms with E-state index in [-0.39, 0.29) is 5.92 Å². The van der Waals surface area contributed by atoms with Gasteiger partial charge in [0.15, 0.2) is 1.41 Å². The van der Waals surface area contributed by atoms with Gasteiger partial charge in [-0.1, -0.05) is 11.3 Å². The molecule has 94 valence electrons. The molecule has 18 heavy (non-hydrogen) atoms. The van der Waals surface area contributed by atoms with E-state index in [9.17, 15) is 4.79 Å². The second-order valence-corrected chi connectivity index (χ2v) is 5.18. The van der Waals surface area contributed by atoms with Crippen molar-refractivity contribution in [2.75, 3.05) is 23.7 Å². The van der Waals surface area contributed by atoms with Gasteiger partial charge in [-0.25, -0.2) is 5.09 Å². The van der Waals surface area contributed by atoms with Crippen molar-refractivity contribution in [1.29, 1.82) is 0 Å². The van der Waals surface area contributed by atoms with Crippen molar-refractivity contribution >= 4 is 22.3 Å². The average molecular weight is 265 g/mol. The maximum atomic E-state index is 11.1. The first-order valence-electron chi connectivity index (χ1n) is 6.01. The van der Waals surface area contributed by atoms with Gasteiger partial charge in [-0.05, 0) is 12.5 Å². The van der Waals surface area contributed by atoms with Crippen LogP contribution < -0.4 is 16.2 Å². The van der Waals surface area contributed by atoms with Gasteiger partial charge in [0, 0.05) is 25.1 Å². The Bertz CT molecular complexity index is 655. The van der Waals surface area contributed by atoms with Crippen LogP contribution in [0.15, 0.2) is 16.9 Å². The molecule has 1 unspecified atom stereocenters. The second-order valence-electron chi connectivity index (χ2n) is 4.14. The normalized spacial score (nSPS) is 20.1. The maximum Gasteiger partial charge on any atom is 0.264 e. The summed E-state index contributed by atoms with van der Waals surface area (Å²) in [5, 5.41) is 13.8. The van der Waals surface area contributed by atoms with Gasteiger partial charge in [0.25, 0.3) is 5.56 Å². The molecular weight excluding hydrogens is 252 g/mol. The minimum atomic E-state index is -0.434. The minimum Gasteiger partial charge on any atom is -0.374 e. The summed E-state index contributed by atoms with van der Waals surface area (Å²) < 4.78 is 7.37. The van der Waals surface area contributed by atoms with Gasteiger partial charge >= 0.3 is 0 Å². The molecule has 2 aromatic rings. The van der Waals surface area contributed by atoms with Gasteiger partial charge in [0.2, 0.25) is 5.13 Å². The number of H-pyrrole nitrogens is 1. The lowest BCUT2D eigenvalue weighted by Crippen LogP contribution is -2.22. The summed E-state index contributed by atoms with van der Waals surface area (Å²) in [7, 11) is 0. The van der Waals surface area contributed by atoms with Gasteiger partial charge in [-0.2, -0.15) is 5.10 Å². The monoisotopic (exact) mass is 265 g/mol. The van der Waals surface area contributed by atoms with Crippen LogP contribution >= 0.6 is 11.3 Å². The zero-order valence-corrected chi connectivity index (χ0v) is 10.3. The molecular formula is C10H12N6OS.